The number of carbonyl (C=O) groups is 1. The summed E-state index contributed by atoms with van der Waals surface area (Å²) in [6, 6.07) is 4.85. The monoisotopic (exact) mass is 250 g/mol. The Morgan fingerprint density at radius 1 is 1.33 bits per heavy atom. The lowest BCUT2D eigenvalue weighted by molar-refractivity contribution is -0.166. The number of aliphatic hydroxyl groups is 1. The number of hydrogen-bond acceptors (Lipinski definition) is 3. The van der Waals surface area contributed by atoms with E-state index in [1.54, 1.807) is 19.1 Å². The van der Waals surface area contributed by atoms with Gasteiger partial charge in [-0.05, 0) is 25.3 Å². The molecule has 0 aromatic heterocycles. The first kappa shape index (κ1) is 12.9. The predicted octanol–water partition coefficient (Wildman–Crippen LogP) is 2.16. The number of benzene rings is 1. The van der Waals surface area contributed by atoms with E-state index in [1.165, 1.54) is 6.07 Å². The van der Waals surface area contributed by atoms with Crippen molar-refractivity contribution in [2.24, 2.45) is 5.92 Å². The van der Waals surface area contributed by atoms with Crippen molar-refractivity contribution >= 4 is 5.97 Å². The van der Waals surface area contributed by atoms with E-state index < -0.39 is 11.6 Å². The lowest BCUT2D eigenvalue weighted by atomic mass is 9.79. The number of aryl methyl sites for hydroxylation is 1. The molecule has 1 saturated carbocycles. The minimum Gasteiger partial charge on any atom is -0.507 e. The van der Waals surface area contributed by atoms with Crippen LogP contribution >= 0.6 is 0 Å². The molecule has 4 nitrogen and oxygen atoms in total. The van der Waals surface area contributed by atoms with Crippen molar-refractivity contribution in [1.29, 1.82) is 0 Å². The van der Waals surface area contributed by atoms with Crippen LogP contribution in [0, 0.1) is 12.8 Å². The van der Waals surface area contributed by atoms with Gasteiger partial charge in [0.1, 0.15) is 5.75 Å². The molecule has 0 bridgehead atoms. The first-order valence-corrected chi connectivity index (χ1v) is 6.22. The number of hydrogen-bond donors (Lipinski definition) is 3. The van der Waals surface area contributed by atoms with Crippen LogP contribution in [0.15, 0.2) is 18.2 Å². The molecular weight excluding hydrogens is 232 g/mol. The molecule has 1 aliphatic rings. The van der Waals surface area contributed by atoms with E-state index in [2.05, 4.69) is 0 Å². The fraction of sp³-hybridized carbons (Fsp3) is 0.500. The van der Waals surface area contributed by atoms with Crippen molar-refractivity contribution in [3.05, 3.63) is 29.3 Å². The molecule has 0 amide bonds. The molecule has 2 rings (SSSR count). The third kappa shape index (κ3) is 1.86. The highest BCUT2D eigenvalue weighted by atomic mass is 16.4. The molecule has 1 aromatic carbocycles. The molecule has 4 heteroatoms. The van der Waals surface area contributed by atoms with E-state index in [4.69, 9.17) is 0 Å². The highest BCUT2D eigenvalue weighted by molar-refractivity contribution is 5.81. The van der Waals surface area contributed by atoms with Gasteiger partial charge in [-0.1, -0.05) is 31.0 Å². The van der Waals surface area contributed by atoms with Gasteiger partial charge in [-0.2, -0.15) is 0 Å². The second-order valence-corrected chi connectivity index (χ2v) is 5.02. The first-order chi connectivity index (χ1) is 8.48. The average Bonchev–Trinajstić information content (AvgIpc) is 2.85. The zero-order valence-electron chi connectivity index (χ0n) is 10.4. The summed E-state index contributed by atoms with van der Waals surface area (Å²) in [5.74, 6) is -1.73. The van der Waals surface area contributed by atoms with Crippen LogP contribution in [0.3, 0.4) is 0 Å². The summed E-state index contributed by atoms with van der Waals surface area (Å²) in [6.45, 7) is 1.69. The normalized spacial score (nSPS) is 19.7. The van der Waals surface area contributed by atoms with Crippen molar-refractivity contribution in [2.45, 2.75) is 38.2 Å². The predicted molar refractivity (Wildman–Crippen MR) is 66.3 cm³/mol. The largest absolute Gasteiger partial charge is 0.507 e. The Kier molecular flexibility index (Phi) is 3.30. The van der Waals surface area contributed by atoms with Gasteiger partial charge < -0.3 is 15.3 Å². The van der Waals surface area contributed by atoms with Crippen LogP contribution in [0.1, 0.15) is 36.8 Å². The summed E-state index contributed by atoms with van der Waals surface area (Å²) >= 11 is 0. The fourth-order valence-electron chi connectivity index (χ4n) is 2.82. The van der Waals surface area contributed by atoms with E-state index in [1.807, 2.05) is 0 Å². The summed E-state index contributed by atoms with van der Waals surface area (Å²) in [5, 5.41) is 30.0. The number of phenolic OH excluding ortho intramolecular Hbond substituents is 1. The third-order valence-electron chi connectivity index (χ3n) is 3.92. The minimum atomic E-state index is -1.98. The highest BCUT2D eigenvalue weighted by Gasteiger charge is 2.48. The molecule has 1 aromatic rings. The average molecular weight is 250 g/mol. The Hall–Kier alpha value is -1.55. The van der Waals surface area contributed by atoms with Gasteiger partial charge in [-0.15, -0.1) is 0 Å². The zero-order valence-corrected chi connectivity index (χ0v) is 10.4. The van der Waals surface area contributed by atoms with Crippen molar-refractivity contribution in [2.75, 3.05) is 0 Å². The molecule has 0 aliphatic heterocycles. The lowest BCUT2D eigenvalue weighted by Gasteiger charge is -2.31. The Bertz CT molecular complexity index is 463. The maximum absolute atomic E-state index is 11.5. The van der Waals surface area contributed by atoms with Crippen molar-refractivity contribution < 1.29 is 20.1 Å². The molecule has 0 radical (unpaired) electrons. The molecule has 98 valence electrons. The van der Waals surface area contributed by atoms with Crippen LogP contribution in [0.4, 0.5) is 0 Å². The van der Waals surface area contributed by atoms with Gasteiger partial charge in [0.15, 0.2) is 5.60 Å². The lowest BCUT2D eigenvalue weighted by Crippen LogP contribution is -2.42. The van der Waals surface area contributed by atoms with Gasteiger partial charge >= 0.3 is 5.97 Å². The van der Waals surface area contributed by atoms with E-state index in [0.29, 0.717) is 18.4 Å². The zero-order chi connectivity index (χ0) is 13.3. The number of phenols is 1. The van der Waals surface area contributed by atoms with E-state index in [9.17, 15) is 20.1 Å². The van der Waals surface area contributed by atoms with E-state index >= 15 is 0 Å². The Labute approximate surface area is 106 Å². The van der Waals surface area contributed by atoms with Gasteiger partial charge in [0, 0.05) is 11.5 Å². The smallest absolute Gasteiger partial charge is 0.340 e. The SMILES string of the molecule is Cc1cccc(C(O)(C(=O)O)C2CCCC2)c1O. The summed E-state index contributed by atoms with van der Waals surface area (Å²) in [4.78, 5) is 11.5. The first-order valence-electron chi connectivity index (χ1n) is 6.22. The second kappa shape index (κ2) is 4.61. The standard InChI is InChI=1S/C14H18O4/c1-9-5-4-8-11(12(9)15)14(18,13(16)17)10-6-2-3-7-10/h4-5,8,10,15,18H,2-3,6-7H2,1H3,(H,16,17). The van der Waals surface area contributed by atoms with E-state index in [-0.39, 0.29) is 17.2 Å². The number of carboxylic acid groups (broad SMARTS) is 1. The number of aliphatic carboxylic acids is 1. The number of aromatic hydroxyl groups is 1. The Morgan fingerprint density at radius 3 is 2.50 bits per heavy atom. The van der Waals surface area contributed by atoms with Crippen LogP contribution in [-0.4, -0.2) is 21.3 Å². The van der Waals surface area contributed by atoms with Gasteiger partial charge in [0.2, 0.25) is 0 Å². The van der Waals surface area contributed by atoms with Crippen molar-refractivity contribution in [3.8, 4) is 5.75 Å². The molecule has 3 N–H and O–H groups in total. The second-order valence-electron chi connectivity index (χ2n) is 5.02. The number of carboxylic acids is 1. The summed E-state index contributed by atoms with van der Waals surface area (Å²) in [5.41, 5.74) is -1.29. The summed E-state index contributed by atoms with van der Waals surface area (Å²) < 4.78 is 0. The van der Waals surface area contributed by atoms with Gasteiger partial charge in [0.05, 0.1) is 0 Å². The Morgan fingerprint density at radius 2 is 1.94 bits per heavy atom. The summed E-state index contributed by atoms with van der Waals surface area (Å²) in [6.07, 6.45) is 3.20. The molecule has 1 fully saturated rings. The maximum Gasteiger partial charge on any atom is 0.340 e. The third-order valence-corrected chi connectivity index (χ3v) is 3.92. The number of rotatable bonds is 3. The molecule has 0 heterocycles. The maximum atomic E-state index is 11.5. The molecule has 18 heavy (non-hydrogen) atoms. The molecule has 1 atom stereocenters. The molecule has 1 aliphatic carbocycles. The quantitative estimate of drug-likeness (QED) is 0.768. The molecule has 1 unspecified atom stereocenters. The van der Waals surface area contributed by atoms with Crippen LogP contribution in [0.5, 0.6) is 5.75 Å². The van der Waals surface area contributed by atoms with Crippen LogP contribution in [-0.2, 0) is 10.4 Å². The number of para-hydroxylation sites is 1. The van der Waals surface area contributed by atoms with Crippen LogP contribution in [0.25, 0.3) is 0 Å². The van der Waals surface area contributed by atoms with Crippen LogP contribution in [0.2, 0.25) is 0 Å². The topological polar surface area (TPSA) is 77.8 Å². The fourth-order valence-corrected chi connectivity index (χ4v) is 2.82. The van der Waals surface area contributed by atoms with E-state index in [0.717, 1.165) is 12.8 Å². The molecule has 0 spiro atoms. The van der Waals surface area contributed by atoms with Gasteiger partial charge in [-0.25, -0.2) is 4.79 Å². The van der Waals surface area contributed by atoms with Crippen molar-refractivity contribution in [3.63, 3.8) is 0 Å². The Balaban J connectivity index is 2.53. The van der Waals surface area contributed by atoms with Crippen LogP contribution < -0.4 is 0 Å². The molecular formula is C14H18O4. The van der Waals surface area contributed by atoms with Crippen molar-refractivity contribution in [1.82, 2.24) is 0 Å². The van der Waals surface area contributed by atoms with Gasteiger partial charge in [0.25, 0.3) is 0 Å². The highest BCUT2D eigenvalue weighted by Crippen LogP contribution is 2.44. The minimum absolute atomic E-state index is 0.113. The van der Waals surface area contributed by atoms with Gasteiger partial charge in [-0.3, -0.25) is 0 Å². The summed E-state index contributed by atoms with van der Waals surface area (Å²) in [7, 11) is 0. The molecule has 0 saturated heterocycles.